The molecule has 25 heavy (non-hydrogen) atoms. The number of likely N-dealkylation sites (tertiary alicyclic amines) is 1. The van der Waals surface area contributed by atoms with Gasteiger partial charge in [0, 0.05) is 13.1 Å². The van der Waals surface area contributed by atoms with Crippen LogP contribution in [0.3, 0.4) is 0 Å². The minimum absolute atomic E-state index is 0.0904. The zero-order valence-corrected chi connectivity index (χ0v) is 15.6. The van der Waals surface area contributed by atoms with Gasteiger partial charge in [-0.05, 0) is 45.7 Å². The van der Waals surface area contributed by atoms with E-state index in [1.807, 2.05) is 45.0 Å². The molecule has 2 amide bonds. The molecule has 1 aromatic carbocycles. The molecule has 0 bridgehead atoms. The van der Waals surface area contributed by atoms with Crippen molar-refractivity contribution in [3.63, 3.8) is 0 Å². The Kier molecular flexibility index (Phi) is 4.94. The van der Waals surface area contributed by atoms with E-state index in [1.165, 1.54) is 11.3 Å². The fraction of sp³-hybridized carbons (Fsp3) is 0.500. The number of aromatic nitrogens is 1. The first-order valence-corrected chi connectivity index (χ1v) is 9.28. The highest BCUT2D eigenvalue weighted by Gasteiger charge is 2.31. The first-order chi connectivity index (χ1) is 11.8. The standard InChI is InChI=1S/C18H23N3O3S/c1-18(2,3)24-17(23)21-10-6-7-12(11-21)15(22)20-16-19-13-8-4-5-9-14(13)25-16/h4-5,8-9,12H,6-7,10-11H2,1-3H3,(H,19,20,22)/t12-/m1/s1. The molecule has 0 radical (unpaired) electrons. The average molecular weight is 361 g/mol. The Labute approximate surface area is 151 Å². The quantitative estimate of drug-likeness (QED) is 0.881. The lowest BCUT2D eigenvalue weighted by molar-refractivity contribution is -0.121. The molecule has 1 aliphatic heterocycles. The lowest BCUT2D eigenvalue weighted by Gasteiger charge is -2.33. The summed E-state index contributed by atoms with van der Waals surface area (Å²) in [5, 5.41) is 3.50. The third kappa shape index (κ3) is 4.48. The predicted octanol–water partition coefficient (Wildman–Crippen LogP) is 3.88. The second kappa shape index (κ2) is 7.00. The monoisotopic (exact) mass is 361 g/mol. The van der Waals surface area contributed by atoms with Gasteiger partial charge in [-0.3, -0.25) is 4.79 Å². The van der Waals surface area contributed by atoms with Crippen LogP contribution in [0.5, 0.6) is 0 Å². The number of hydrogen-bond donors (Lipinski definition) is 1. The van der Waals surface area contributed by atoms with E-state index in [-0.39, 0.29) is 17.9 Å². The second-order valence-electron chi connectivity index (χ2n) is 7.24. The summed E-state index contributed by atoms with van der Waals surface area (Å²) in [5.74, 6) is -0.333. The van der Waals surface area contributed by atoms with Gasteiger partial charge in [0.05, 0.1) is 16.1 Å². The molecule has 6 nitrogen and oxygen atoms in total. The van der Waals surface area contributed by atoms with Crippen molar-refractivity contribution in [2.24, 2.45) is 5.92 Å². The van der Waals surface area contributed by atoms with Crippen LogP contribution < -0.4 is 5.32 Å². The molecule has 1 aliphatic rings. The smallest absolute Gasteiger partial charge is 0.410 e. The lowest BCUT2D eigenvalue weighted by atomic mass is 9.97. The van der Waals surface area contributed by atoms with E-state index < -0.39 is 5.60 Å². The van der Waals surface area contributed by atoms with Crippen LogP contribution in [0.1, 0.15) is 33.6 Å². The van der Waals surface area contributed by atoms with Gasteiger partial charge in [0.2, 0.25) is 5.91 Å². The molecular weight excluding hydrogens is 338 g/mol. The van der Waals surface area contributed by atoms with Gasteiger partial charge in [-0.25, -0.2) is 9.78 Å². The molecule has 0 aliphatic carbocycles. The number of amides is 2. The molecule has 1 fully saturated rings. The number of ether oxygens (including phenoxy) is 1. The molecule has 2 aromatic rings. The fourth-order valence-electron chi connectivity index (χ4n) is 2.82. The van der Waals surface area contributed by atoms with Crippen LogP contribution in [-0.4, -0.2) is 40.6 Å². The third-order valence-corrected chi connectivity index (χ3v) is 4.92. The molecule has 1 N–H and O–H groups in total. The van der Waals surface area contributed by atoms with Crippen molar-refractivity contribution in [3.8, 4) is 0 Å². The van der Waals surface area contributed by atoms with Gasteiger partial charge in [0.1, 0.15) is 5.60 Å². The van der Waals surface area contributed by atoms with E-state index in [0.717, 1.165) is 23.1 Å². The van der Waals surface area contributed by atoms with E-state index in [4.69, 9.17) is 4.74 Å². The van der Waals surface area contributed by atoms with Gasteiger partial charge in [-0.2, -0.15) is 0 Å². The zero-order valence-electron chi connectivity index (χ0n) is 14.7. The van der Waals surface area contributed by atoms with E-state index >= 15 is 0 Å². The number of carbonyl (C=O) groups is 2. The fourth-order valence-corrected chi connectivity index (χ4v) is 3.69. The van der Waals surface area contributed by atoms with E-state index in [1.54, 1.807) is 4.90 Å². The van der Waals surface area contributed by atoms with Crippen LogP contribution in [0.15, 0.2) is 24.3 Å². The second-order valence-corrected chi connectivity index (χ2v) is 8.27. The maximum absolute atomic E-state index is 12.6. The number of rotatable bonds is 2. The summed E-state index contributed by atoms with van der Waals surface area (Å²) in [4.78, 5) is 30.8. The number of thiazole rings is 1. The molecule has 1 saturated heterocycles. The summed E-state index contributed by atoms with van der Waals surface area (Å²) in [7, 11) is 0. The maximum Gasteiger partial charge on any atom is 0.410 e. The van der Waals surface area contributed by atoms with Gasteiger partial charge in [-0.1, -0.05) is 23.5 Å². The molecule has 2 heterocycles. The minimum Gasteiger partial charge on any atom is -0.444 e. The molecule has 1 aromatic heterocycles. The summed E-state index contributed by atoms with van der Waals surface area (Å²) >= 11 is 1.46. The Morgan fingerprint density at radius 3 is 2.80 bits per heavy atom. The van der Waals surface area contributed by atoms with Crippen LogP contribution in [0.2, 0.25) is 0 Å². The van der Waals surface area contributed by atoms with Crippen molar-refractivity contribution in [2.45, 2.75) is 39.2 Å². The molecule has 134 valence electrons. The number of fused-ring (bicyclic) bond motifs is 1. The van der Waals surface area contributed by atoms with E-state index in [9.17, 15) is 9.59 Å². The van der Waals surface area contributed by atoms with Crippen molar-refractivity contribution in [1.29, 1.82) is 0 Å². The summed E-state index contributed by atoms with van der Waals surface area (Å²) in [6, 6.07) is 7.78. The number of carbonyl (C=O) groups excluding carboxylic acids is 2. The topological polar surface area (TPSA) is 71.5 Å². The van der Waals surface area contributed by atoms with Gasteiger partial charge in [0.25, 0.3) is 0 Å². The molecule has 7 heteroatoms. The molecule has 1 atom stereocenters. The Balaban J connectivity index is 1.62. The summed E-state index contributed by atoms with van der Waals surface area (Å²) in [6.07, 6.45) is 1.19. The van der Waals surface area contributed by atoms with Crippen LogP contribution in [0.4, 0.5) is 9.93 Å². The summed E-state index contributed by atoms with van der Waals surface area (Å²) in [5.41, 5.74) is 0.342. The Morgan fingerprint density at radius 2 is 2.08 bits per heavy atom. The van der Waals surface area contributed by atoms with E-state index in [2.05, 4.69) is 10.3 Å². The highest BCUT2D eigenvalue weighted by Crippen LogP contribution is 2.27. The maximum atomic E-state index is 12.6. The van der Waals surface area contributed by atoms with Crippen molar-refractivity contribution in [3.05, 3.63) is 24.3 Å². The SMILES string of the molecule is CC(C)(C)OC(=O)N1CCC[C@@H](C(=O)Nc2nc3ccccc3s2)C1. The predicted molar refractivity (Wildman–Crippen MR) is 98.8 cm³/mol. The van der Waals surface area contributed by atoms with Crippen molar-refractivity contribution in [2.75, 3.05) is 18.4 Å². The van der Waals surface area contributed by atoms with Gasteiger partial charge >= 0.3 is 6.09 Å². The number of benzene rings is 1. The lowest BCUT2D eigenvalue weighted by Crippen LogP contribution is -2.45. The molecule has 0 unspecified atom stereocenters. The van der Waals surface area contributed by atoms with Gasteiger partial charge in [0.15, 0.2) is 5.13 Å². The number of nitrogens with zero attached hydrogens (tertiary/aromatic N) is 2. The number of anilines is 1. The number of para-hydroxylation sites is 1. The zero-order chi connectivity index (χ0) is 18.0. The Bertz CT molecular complexity index is 748. The normalized spacial score (nSPS) is 18.2. The highest BCUT2D eigenvalue weighted by molar-refractivity contribution is 7.22. The van der Waals surface area contributed by atoms with Crippen LogP contribution >= 0.6 is 11.3 Å². The average Bonchev–Trinajstić information content (AvgIpc) is 2.95. The van der Waals surface area contributed by atoms with Crippen LogP contribution in [0.25, 0.3) is 10.2 Å². The minimum atomic E-state index is -0.534. The van der Waals surface area contributed by atoms with Crippen molar-refractivity contribution < 1.29 is 14.3 Å². The first kappa shape index (κ1) is 17.7. The Morgan fingerprint density at radius 1 is 1.32 bits per heavy atom. The van der Waals surface area contributed by atoms with Gasteiger partial charge in [-0.15, -0.1) is 0 Å². The van der Waals surface area contributed by atoms with Gasteiger partial charge < -0.3 is 15.0 Å². The summed E-state index contributed by atoms with van der Waals surface area (Å²) < 4.78 is 6.45. The number of hydrogen-bond acceptors (Lipinski definition) is 5. The molecular formula is C18H23N3O3S. The summed E-state index contributed by atoms with van der Waals surface area (Å²) in [6.45, 7) is 6.52. The van der Waals surface area contributed by atoms with Crippen molar-refractivity contribution >= 4 is 38.7 Å². The third-order valence-electron chi connectivity index (χ3n) is 3.97. The molecule has 0 spiro atoms. The molecule has 3 rings (SSSR count). The largest absolute Gasteiger partial charge is 0.444 e. The Hall–Kier alpha value is -2.15. The van der Waals surface area contributed by atoms with E-state index in [0.29, 0.717) is 18.2 Å². The molecule has 0 saturated carbocycles. The van der Waals surface area contributed by atoms with Crippen molar-refractivity contribution in [1.82, 2.24) is 9.88 Å². The number of nitrogens with one attached hydrogen (secondary N) is 1. The first-order valence-electron chi connectivity index (χ1n) is 8.46. The highest BCUT2D eigenvalue weighted by atomic mass is 32.1. The van der Waals surface area contributed by atoms with Crippen LogP contribution in [-0.2, 0) is 9.53 Å². The van der Waals surface area contributed by atoms with Crippen LogP contribution in [0, 0.1) is 5.92 Å². The number of piperidine rings is 1.